The lowest BCUT2D eigenvalue weighted by molar-refractivity contribution is 0.0293. The predicted molar refractivity (Wildman–Crippen MR) is 67.0 cm³/mol. The third-order valence-electron chi connectivity index (χ3n) is 3.33. The Balaban J connectivity index is 2.33. The monoisotopic (exact) mass is 254 g/mol. The molecule has 1 aromatic rings. The molecule has 1 fully saturated rings. The Hall–Kier alpha value is -1.20. The number of aliphatic hydroxyl groups is 1. The van der Waals surface area contributed by atoms with Crippen LogP contribution in [0.3, 0.4) is 0 Å². The molecule has 2 atom stereocenters. The van der Waals surface area contributed by atoms with Crippen LogP contribution >= 0.6 is 0 Å². The zero-order valence-corrected chi connectivity index (χ0v) is 10.8. The summed E-state index contributed by atoms with van der Waals surface area (Å²) in [6.07, 6.45) is 2.47. The first-order chi connectivity index (χ1) is 8.67. The van der Waals surface area contributed by atoms with Crippen molar-refractivity contribution in [2.24, 2.45) is 0 Å². The van der Waals surface area contributed by atoms with Crippen LogP contribution in [0.4, 0.5) is 10.2 Å². The first-order valence-electron chi connectivity index (χ1n) is 6.29. The predicted octanol–water partition coefficient (Wildman–Crippen LogP) is 1.72. The van der Waals surface area contributed by atoms with Crippen molar-refractivity contribution in [3.8, 4) is 0 Å². The largest absolute Gasteiger partial charge is 0.392 e. The van der Waals surface area contributed by atoms with E-state index >= 15 is 0 Å². The number of ether oxygens (including phenoxy) is 1. The third kappa shape index (κ3) is 2.47. The fourth-order valence-corrected chi connectivity index (χ4v) is 2.24. The maximum Gasteiger partial charge on any atom is 0.171 e. The Bertz CT molecular complexity index is 414. The molecule has 2 unspecified atom stereocenters. The van der Waals surface area contributed by atoms with Gasteiger partial charge < -0.3 is 14.7 Å². The van der Waals surface area contributed by atoms with Crippen LogP contribution in [0.5, 0.6) is 0 Å². The topological polar surface area (TPSA) is 45.6 Å². The maximum absolute atomic E-state index is 14.2. The molecule has 0 bridgehead atoms. The van der Waals surface area contributed by atoms with Crippen molar-refractivity contribution in [2.45, 2.75) is 39.0 Å². The average molecular weight is 254 g/mol. The number of aliphatic hydroxyl groups excluding tert-OH is 1. The van der Waals surface area contributed by atoms with Gasteiger partial charge in [0.2, 0.25) is 0 Å². The summed E-state index contributed by atoms with van der Waals surface area (Å²) in [6.45, 7) is 4.91. The van der Waals surface area contributed by atoms with Crippen LogP contribution in [0, 0.1) is 5.82 Å². The molecule has 18 heavy (non-hydrogen) atoms. The number of pyridine rings is 1. The zero-order valence-electron chi connectivity index (χ0n) is 10.8. The molecule has 2 heterocycles. The summed E-state index contributed by atoms with van der Waals surface area (Å²) >= 11 is 0. The van der Waals surface area contributed by atoms with Gasteiger partial charge in [-0.2, -0.15) is 0 Å². The Labute approximate surface area is 106 Å². The minimum absolute atomic E-state index is 0.0618. The van der Waals surface area contributed by atoms with Gasteiger partial charge >= 0.3 is 0 Å². The molecular weight excluding hydrogens is 235 g/mol. The Morgan fingerprint density at radius 1 is 1.61 bits per heavy atom. The van der Waals surface area contributed by atoms with Crippen LogP contribution in [0.15, 0.2) is 12.3 Å². The van der Waals surface area contributed by atoms with Crippen LogP contribution < -0.4 is 4.90 Å². The Kier molecular flexibility index (Phi) is 4.14. The SMILES string of the molecule is CCC1COC(C)CN1c1nccc(CO)c1F. The van der Waals surface area contributed by atoms with Crippen LogP contribution in [0.25, 0.3) is 0 Å². The summed E-state index contributed by atoms with van der Waals surface area (Å²) < 4.78 is 19.8. The minimum Gasteiger partial charge on any atom is -0.392 e. The van der Waals surface area contributed by atoms with E-state index in [9.17, 15) is 4.39 Å². The summed E-state index contributed by atoms with van der Waals surface area (Å²) in [5, 5.41) is 9.11. The molecule has 1 saturated heterocycles. The molecule has 0 aromatic carbocycles. The average Bonchev–Trinajstić information content (AvgIpc) is 2.39. The lowest BCUT2D eigenvalue weighted by Crippen LogP contribution is -2.49. The van der Waals surface area contributed by atoms with Gasteiger partial charge in [-0.1, -0.05) is 6.92 Å². The van der Waals surface area contributed by atoms with E-state index in [1.165, 1.54) is 12.3 Å². The van der Waals surface area contributed by atoms with Crippen LogP contribution in [0.1, 0.15) is 25.8 Å². The van der Waals surface area contributed by atoms with Gasteiger partial charge in [-0.15, -0.1) is 0 Å². The maximum atomic E-state index is 14.2. The van der Waals surface area contributed by atoms with Crippen LogP contribution in [-0.4, -0.2) is 35.4 Å². The molecule has 1 aliphatic heterocycles. The molecule has 1 aromatic heterocycles. The molecule has 0 spiro atoms. The van der Waals surface area contributed by atoms with Crippen molar-refractivity contribution in [3.05, 3.63) is 23.6 Å². The van der Waals surface area contributed by atoms with Gasteiger partial charge in [0.15, 0.2) is 11.6 Å². The van der Waals surface area contributed by atoms with E-state index in [-0.39, 0.29) is 24.3 Å². The van der Waals surface area contributed by atoms with Crippen LogP contribution in [-0.2, 0) is 11.3 Å². The normalized spacial score (nSPS) is 24.3. The lowest BCUT2D eigenvalue weighted by atomic mass is 10.1. The fourth-order valence-electron chi connectivity index (χ4n) is 2.24. The minimum atomic E-state index is -0.424. The summed E-state index contributed by atoms with van der Waals surface area (Å²) in [6, 6.07) is 1.64. The van der Waals surface area contributed by atoms with E-state index in [4.69, 9.17) is 9.84 Å². The molecule has 0 radical (unpaired) electrons. The van der Waals surface area contributed by atoms with Crippen LogP contribution in [0.2, 0.25) is 0 Å². The molecule has 1 N–H and O–H groups in total. The van der Waals surface area contributed by atoms with E-state index in [0.29, 0.717) is 19.0 Å². The summed E-state index contributed by atoms with van der Waals surface area (Å²) in [7, 11) is 0. The fraction of sp³-hybridized carbons (Fsp3) is 0.615. The van der Waals surface area contributed by atoms with Gasteiger partial charge in [0.1, 0.15) is 0 Å². The summed E-state index contributed by atoms with van der Waals surface area (Å²) in [5.41, 5.74) is 0.286. The highest BCUT2D eigenvalue weighted by Crippen LogP contribution is 2.25. The molecule has 4 nitrogen and oxygen atoms in total. The quantitative estimate of drug-likeness (QED) is 0.892. The first kappa shape index (κ1) is 13.2. The van der Waals surface area contributed by atoms with E-state index in [1.807, 2.05) is 18.7 Å². The van der Waals surface area contributed by atoms with Crippen molar-refractivity contribution in [3.63, 3.8) is 0 Å². The van der Waals surface area contributed by atoms with Gasteiger partial charge in [-0.25, -0.2) is 9.37 Å². The van der Waals surface area contributed by atoms with E-state index in [0.717, 1.165) is 6.42 Å². The molecular formula is C13H19FN2O2. The van der Waals surface area contributed by atoms with Crippen molar-refractivity contribution < 1.29 is 14.2 Å². The standard InChI is InChI=1S/C13H19FN2O2/c1-3-11-8-18-9(2)6-16(11)13-12(14)10(7-17)4-5-15-13/h4-5,9,11,17H,3,6-8H2,1-2H3. The molecule has 0 saturated carbocycles. The second-order valence-corrected chi connectivity index (χ2v) is 4.62. The number of morpholine rings is 1. The number of rotatable bonds is 3. The Morgan fingerprint density at radius 2 is 2.39 bits per heavy atom. The van der Waals surface area contributed by atoms with Crippen molar-refractivity contribution in [1.82, 2.24) is 4.98 Å². The summed E-state index contributed by atoms with van der Waals surface area (Å²) in [4.78, 5) is 6.07. The van der Waals surface area contributed by atoms with E-state index in [1.54, 1.807) is 0 Å². The molecule has 0 amide bonds. The van der Waals surface area contributed by atoms with Gasteiger partial charge in [0.25, 0.3) is 0 Å². The number of hydrogen-bond donors (Lipinski definition) is 1. The second-order valence-electron chi connectivity index (χ2n) is 4.62. The highest BCUT2D eigenvalue weighted by Gasteiger charge is 2.29. The van der Waals surface area contributed by atoms with Crippen molar-refractivity contribution in [1.29, 1.82) is 0 Å². The number of anilines is 1. The van der Waals surface area contributed by atoms with Gasteiger partial charge in [-0.3, -0.25) is 0 Å². The van der Waals surface area contributed by atoms with E-state index in [2.05, 4.69) is 4.98 Å². The second kappa shape index (κ2) is 5.63. The highest BCUT2D eigenvalue weighted by atomic mass is 19.1. The number of halogens is 1. The third-order valence-corrected chi connectivity index (χ3v) is 3.33. The highest BCUT2D eigenvalue weighted by molar-refractivity contribution is 5.44. The molecule has 1 aliphatic rings. The van der Waals surface area contributed by atoms with Gasteiger partial charge in [0, 0.05) is 18.3 Å². The lowest BCUT2D eigenvalue weighted by Gasteiger charge is -2.39. The number of hydrogen-bond acceptors (Lipinski definition) is 4. The molecule has 100 valence electrons. The smallest absolute Gasteiger partial charge is 0.171 e. The van der Waals surface area contributed by atoms with Gasteiger partial charge in [0.05, 0.1) is 25.4 Å². The van der Waals surface area contributed by atoms with E-state index < -0.39 is 5.82 Å². The zero-order chi connectivity index (χ0) is 13.1. The molecule has 0 aliphatic carbocycles. The molecule has 2 rings (SSSR count). The number of nitrogens with zero attached hydrogens (tertiary/aromatic N) is 2. The summed E-state index contributed by atoms with van der Waals surface area (Å²) in [5.74, 6) is -0.101. The van der Waals surface area contributed by atoms with Gasteiger partial charge in [-0.05, 0) is 19.4 Å². The molecule has 5 heteroatoms. The van der Waals surface area contributed by atoms with Crippen molar-refractivity contribution in [2.75, 3.05) is 18.1 Å². The first-order valence-corrected chi connectivity index (χ1v) is 6.29. The Morgan fingerprint density at radius 3 is 3.06 bits per heavy atom. The van der Waals surface area contributed by atoms with Crippen molar-refractivity contribution >= 4 is 5.82 Å². The number of aromatic nitrogens is 1.